The van der Waals surface area contributed by atoms with Crippen molar-refractivity contribution in [2.24, 2.45) is 0 Å². The van der Waals surface area contributed by atoms with Crippen LogP contribution in [-0.2, 0) is 24.1 Å². The molecule has 0 spiro atoms. The predicted molar refractivity (Wildman–Crippen MR) is 92.5 cm³/mol. The van der Waals surface area contributed by atoms with E-state index < -0.39 is 5.60 Å². The van der Waals surface area contributed by atoms with Gasteiger partial charge in [-0.05, 0) is 63.1 Å². The Balaban J connectivity index is 2.71. The minimum Gasteiger partial charge on any atom is -0.444 e. The van der Waals surface area contributed by atoms with Crippen LogP contribution < -0.4 is 5.32 Å². The fourth-order valence-corrected chi connectivity index (χ4v) is 3.17. The predicted octanol–water partition coefficient (Wildman–Crippen LogP) is 3.53. The lowest BCUT2D eigenvalue weighted by Crippen LogP contribution is -2.40. The van der Waals surface area contributed by atoms with Crippen molar-refractivity contribution in [3.8, 4) is 0 Å². The van der Waals surface area contributed by atoms with Gasteiger partial charge in [-0.1, -0.05) is 13.8 Å². The molecule has 1 N–H and O–H groups in total. The Morgan fingerprint density at radius 1 is 1.38 bits per heavy atom. The number of carbonyl (C=O) groups excluding carboxylic acids is 1. The first-order valence-electron chi connectivity index (χ1n) is 7.41. The summed E-state index contributed by atoms with van der Waals surface area (Å²) in [6, 6.07) is -0.0365. The van der Waals surface area contributed by atoms with Crippen molar-refractivity contribution in [1.82, 2.24) is 15.1 Å². The summed E-state index contributed by atoms with van der Waals surface area (Å²) < 4.78 is 8.33. The normalized spacial score (nSPS) is 13.1. The van der Waals surface area contributed by atoms with E-state index in [0.29, 0.717) is 6.54 Å². The molecule has 0 aliphatic heterocycles. The maximum Gasteiger partial charge on any atom is 0.407 e. The lowest BCUT2D eigenvalue weighted by molar-refractivity contribution is 0.0503. The first-order valence-corrected chi connectivity index (χ1v) is 8.49. The molecule has 5 nitrogen and oxygen atoms in total. The van der Waals surface area contributed by atoms with Gasteiger partial charge in [0.2, 0.25) is 0 Å². The molecular formula is C15H26IN3O2. The number of hydrogen-bond acceptors (Lipinski definition) is 3. The first kappa shape index (κ1) is 18.3. The summed E-state index contributed by atoms with van der Waals surface area (Å²) >= 11 is 2.28. The van der Waals surface area contributed by atoms with Gasteiger partial charge in [-0.2, -0.15) is 5.10 Å². The van der Waals surface area contributed by atoms with Crippen LogP contribution >= 0.6 is 22.6 Å². The number of ether oxygens (including phenoxy) is 1. The summed E-state index contributed by atoms with van der Waals surface area (Å²) in [7, 11) is 0. The number of rotatable bonds is 5. The van der Waals surface area contributed by atoms with E-state index in [1.165, 1.54) is 11.3 Å². The van der Waals surface area contributed by atoms with Crippen molar-refractivity contribution in [1.29, 1.82) is 0 Å². The van der Waals surface area contributed by atoms with E-state index in [1.807, 2.05) is 32.4 Å². The van der Waals surface area contributed by atoms with Crippen LogP contribution in [0.15, 0.2) is 0 Å². The number of aromatic nitrogens is 2. The third-order valence-electron chi connectivity index (χ3n) is 3.02. The maximum atomic E-state index is 11.8. The Morgan fingerprint density at radius 3 is 2.48 bits per heavy atom. The summed E-state index contributed by atoms with van der Waals surface area (Å²) in [6.07, 6.45) is 1.54. The second-order valence-electron chi connectivity index (χ2n) is 6.15. The minimum atomic E-state index is -0.477. The zero-order valence-electron chi connectivity index (χ0n) is 13.8. The quantitative estimate of drug-likeness (QED) is 0.760. The summed E-state index contributed by atoms with van der Waals surface area (Å²) in [4.78, 5) is 11.8. The van der Waals surface area contributed by atoms with Gasteiger partial charge < -0.3 is 10.1 Å². The van der Waals surface area contributed by atoms with Gasteiger partial charge in [0.25, 0.3) is 0 Å². The molecule has 1 rings (SSSR count). The van der Waals surface area contributed by atoms with Crippen molar-refractivity contribution >= 4 is 28.7 Å². The molecule has 1 aromatic heterocycles. The van der Waals surface area contributed by atoms with E-state index in [0.717, 1.165) is 16.5 Å². The molecule has 0 saturated heterocycles. The topological polar surface area (TPSA) is 56.2 Å². The Hall–Kier alpha value is -0.790. The fourth-order valence-electron chi connectivity index (χ4n) is 2.21. The van der Waals surface area contributed by atoms with Gasteiger partial charge in [0, 0.05) is 17.3 Å². The van der Waals surface area contributed by atoms with Crippen LogP contribution in [0.2, 0.25) is 0 Å². The van der Waals surface area contributed by atoms with Crippen LogP contribution in [0.1, 0.15) is 52.8 Å². The molecule has 0 aromatic carbocycles. The summed E-state index contributed by atoms with van der Waals surface area (Å²) in [5.74, 6) is 0. The molecule has 120 valence electrons. The van der Waals surface area contributed by atoms with E-state index in [1.54, 1.807) is 0 Å². The number of nitrogens with one attached hydrogen (secondary N) is 1. The van der Waals surface area contributed by atoms with Gasteiger partial charge in [0.15, 0.2) is 0 Å². The van der Waals surface area contributed by atoms with Gasteiger partial charge in [-0.25, -0.2) is 4.79 Å². The molecule has 0 saturated carbocycles. The molecule has 0 aliphatic rings. The number of amides is 1. The van der Waals surface area contributed by atoms with Crippen molar-refractivity contribution in [2.45, 2.75) is 72.6 Å². The van der Waals surface area contributed by atoms with Crippen LogP contribution in [0.25, 0.3) is 0 Å². The Kier molecular flexibility index (Phi) is 6.49. The molecule has 1 amide bonds. The first-order chi connectivity index (χ1) is 9.67. The van der Waals surface area contributed by atoms with Crippen LogP contribution in [-0.4, -0.2) is 27.5 Å². The number of halogens is 1. The number of hydrogen-bond donors (Lipinski definition) is 1. The molecule has 1 aromatic rings. The van der Waals surface area contributed by atoms with E-state index in [4.69, 9.17) is 4.74 Å². The largest absolute Gasteiger partial charge is 0.444 e. The SMILES string of the molecule is CCc1c(I)nn(CC(C)NC(=O)OC(C)(C)C)c1CC. The summed E-state index contributed by atoms with van der Waals surface area (Å²) in [5.41, 5.74) is 2.08. The fraction of sp³-hybridized carbons (Fsp3) is 0.733. The van der Waals surface area contributed by atoms with Crippen molar-refractivity contribution in [3.05, 3.63) is 15.0 Å². The van der Waals surface area contributed by atoms with Crippen LogP contribution in [0, 0.1) is 3.70 Å². The maximum absolute atomic E-state index is 11.8. The average Bonchev–Trinajstić information content (AvgIpc) is 2.60. The highest BCUT2D eigenvalue weighted by atomic mass is 127. The minimum absolute atomic E-state index is 0.0365. The molecule has 21 heavy (non-hydrogen) atoms. The summed E-state index contributed by atoms with van der Waals surface area (Å²) in [6.45, 7) is 12.5. The molecule has 1 atom stereocenters. The Labute approximate surface area is 141 Å². The highest BCUT2D eigenvalue weighted by Gasteiger charge is 2.19. The molecule has 0 bridgehead atoms. The molecule has 0 radical (unpaired) electrons. The van der Waals surface area contributed by atoms with Crippen molar-refractivity contribution in [2.75, 3.05) is 0 Å². The van der Waals surface area contributed by atoms with Gasteiger partial charge in [-0.3, -0.25) is 4.68 Å². The second kappa shape index (κ2) is 7.47. The van der Waals surface area contributed by atoms with Crippen LogP contribution in [0.4, 0.5) is 4.79 Å². The average molecular weight is 407 g/mol. The molecule has 6 heteroatoms. The van der Waals surface area contributed by atoms with E-state index in [9.17, 15) is 4.79 Å². The third-order valence-corrected chi connectivity index (χ3v) is 3.88. The van der Waals surface area contributed by atoms with Gasteiger partial charge in [0.05, 0.1) is 6.54 Å². The zero-order valence-corrected chi connectivity index (χ0v) is 15.9. The molecule has 1 unspecified atom stereocenters. The second-order valence-corrected chi connectivity index (χ2v) is 7.17. The summed E-state index contributed by atoms with van der Waals surface area (Å²) in [5, 5.41) is 7.44. The van der Waals surface area contributed by atoms with Gasteiger partial charge in [0.1, 0.15) is 9.30 Å². The van der Waals surface area contributed by atoms with Gasteiger partial charge in [-0.15, -0.1) is 0 Å². The van der Waals surface area contributed by atoms with Crippen LogP contribution in [0.3, 0.4) is 0 Å². The zero-order chi connectivity index (χ0) is 16.2. The van der Waals surface area contributed by atoms with Gasteiger partial charge >= 0.3 is 6.09 Å². The Morgan fingerprint density at radius 2 is 2.00 bits per heavy atom. The standard InChI is InChI=1S/C15H26IN3O2/c1-7-11-12(8-2)19(18-13(11)16)9-10(3)17-14(20)21-15(4,5)6/h10H,7-9H2,1-6H3,(H,17,20). The van der Waals surface area contributed by atoms with Crippen LogP contribution in [0.5, 0.6) is 0 Å². The van der Waals surface area contributed by atoms with Crippen molar-refractivity contribution in [3.63, 3.8) is 0 Å². The monoisotopic (exact) mass is 407 g/mol. The lowest BCUT2D eigenvalue weighted by atomic mass is 10.1. The number of alkyl carbamates (subject to hydrolysis) is 1. The van der Waals surface area contributed by atoms with E-state index in [2.05, 4.69) is 46.9 Å². The number of nitrogens with zero attached hydrogens (tertiary/aromatic N) is 2. The Bertz CT molecular complexity index is 492. The lowest BCUT2D eigenvalue weighted by Gasteiger charge is -2.22. The third kappa shape index (κ3) is 5.48. The van der Waals surface area contributed by atoms with E-state index in [-0.39, 0.29) is 12.1 Å². The molecule has 1 heterocycles. The highest BCUT2D eigenvalue weighted by Crippen LogP contribution is 2.18. The van der Waals surface area contributed by atoms with E-state index >= 15 is 0 Å². The smallest absolute Gasteiger partial charge is 0.407 e. The van der Waals surface area contributed by atoms with Crippen molar-refractivity contribution < 1.29 is 9.53 Å². The molecular weight excluding hydrogens is 381 g/mol. The highest BCUT2D eigenvalue weighted by molar-refractivity contribution is 14.1. The number of carbonyl (C=O) groups is 1. The molecule has 0 aliphatic carbocycles. The molecule has 0 fully saturated rings.